The molecule has 1 amide bonds. The minimum atomic E-state index is -0.302. The van der Waals surface area contributed by atoms with Gasteiger partial charge in [0.25, 0.3) is 0 Å². The van der Waals surface area contributed by atoms with Gasteiger partial charge >= 0.3 is 0 Å². The Balaban J connectivity index is 2.37. The molecule has 4 N–H and O–H groups in total. The van der Waals surface area contributed by atoms with Crippen LogP contribution in [0.2, 0.25) is 0 Å². The lowest BCUT2D eigenvalue weighted by Crippen LogP contribution is -2.61. The van der Waals surface area contributed by atoms with Gasteiger partial charge in [0.15, 0.2) is 0 Å². The molecule has 0 aromatic rings. The zero-order valence-electron chi connectivity index (χ0n) is 12.1. The van der Waals surface area contributed by atoms with Crippen LogP contribution < -0.4 is 11.1 Å². The molecule has 0 saturated heterocycles. The normalized spacial score (nSPS) is 27.7. The van der Waals surface area contributed by atoms with Gasteiger partial charge in [0.05, 0.1) is 6.10 Å². The molecule has 3 atom stereocenters. The summed E-state index contributed by atoms with van der Waals surface area (Å²) < 4.78 is 0. The van der Waals surface area contributed by atoms with Gasteiger partial charge in [-0.05, 0) is 31.2 Å². The lowest BCUT2D eigenvalue weighted by molar-refractivity contribution is -0.130. The van der Waals surface area contributed by atoms with E-state index in [1.807, 2.05) is 13.8 Å². The second-order valence-electron chi connectivity index (χ2n) is 6.63. The Morgan fingerprint density at radius 2 is 2.11 bits per heavy atom. The number of nitrogens with two attached hydrogens (primary N) is 1. The van der Waals surface area contributed by atoms with Crippen molar-refractivity contribution in [2.75, 3.05) is 6.54 Å². The zero-order valence-corrected chi connectivity index (χ0v) is 12.1. The first-order chi connectivity index (χ1) is 8.27. The molecule has 4 nitrogen and oxygen atoms in total. The van der Waals surface area contributed by atoms with Gasteiger partial charge in [-0.25, -0.2) is 0 Å². The lowest BCUT2D eigenvalue weighted by Gasteiger charge is -2.49. The van der Waals surface area contributed by atoms with E-state index in [1.54, 1.807) is 0 Å². The molecule has 1 saturated carbocycles. The minimum absolute atomic E-state index is 0.0658. The van der Waals surface area contributed by atoms with Crippen LogP contribution in [0.3, 0.4) is 0 Å². The fourth-order valence-corrected chi connectivity index (χ4v) is 2.59. The molecule has 4 heteroatoms. The third-order valence-electron chi connectivity index (χ3n) is 4.16. The Hall–Kier alpha value is -0.610. The van der Waals surface area contributed by atoms with E-state index in [-0.39, 0.29) is 29.4 Å². The maximum atomic E-state index is 11.9. The molecule has 1 rings (SSSR count). The average Bonchev–Trinajstić information content (AvgIpc) is 2.27. The summed E-state index contributed by atoms with van der Waals surface area (Å²) >= 11 is 0. The topological polar surface area (TPSA) is 75.4 Å². The van der Waals surface area contributed by atoms with E-state index in [0.717, 1.165) is 6.42 Å². The van der Waals surface area contributed by atoms with E-state index in [1.165, 1.54) is 0 Å². The summed E-state index contributed by atoms with van der Waals surface area (Å²) in [5.74, 6) is 0.891. The molecule has 0 aromatic heterocycles. The van der Waals surface area contributed by atoms with Crippen LogP contribution in [0.1, 0.15) is 47.0 Å². The van der Waals surface area contributed by atoms with Crippen LogP contribution in [-0.4, -0.2) is 29.7 Å². The van der Waals surface area contributed by atoms with Crippen molar-refractivity contribution in [3.8, 4) is 0 Å². The standard InChI is InChI=1S/C14H28N2O2/c1-9(2)5-10(8-15)6-13(18)16-11-7-12(17)14(11,3)4/h9-12,17H,5-8,15H2,1-4H3,(H,16,18). The van der Waals surface area contributed by atoms with E-state index < -0.39 is 0 Å². The Bertz CT molecular complexity index is 290. The number of nitrogens with one attached hydrogen (secondary N) is 1. The third-order valence-corrected chi connectivity index (χ3v) is 4.16. The lowest BCUT2D eigenvalue weighted by atomic mass is 9.64. The number of aliphatic hydroxyl groups excluding tert-OH is 1. The first-order valence-electron chi connectivity index (χ1n) is 6.94. The van der Waals surface area contributed by atoms with Crippen molar-refractivity contribution in [1.82, 2.24) is 5.32 Å². The van der Waals surface area contributed by atoms with Crippen LogP contribution in [0.15, 0.2) is 0 Å². The van der Waals surface area contributed by atoms with Gasteiger partial charge < -0.3 is 16.2 Å². The molecular formula is C14H28N2O2. The van der Waals surface area contributed by atoms with Gasteiger partial charge in [0.1, 0.15) is 0 Å². The van der Waals surface area contributed by atoms with E-state index in [2.05, 4.69) is 19.2 Å². The Morgan fingerprint density at radius 1 is 1.50 bits per heavy atom. The highest BCUT2D eigenvalue weighted by Crippen LogP contribution is 2.40. The number of rotatable bonds is 6. The van der Waals surface area contributed by atoms with Gasteiger partial charge in [-0.3, -0.25) is 4.79 Å². The second kappa shape index (κ2) is 6.02. The molecule has 0 heterocycles. The fraction of sp³-hybridized carbons (Fsp3) is 0.929. The van der Waals surface area contributed by atoms with Crippen molar-refractivity contribution in [2.45, 2.75) is 59.1 Å². The molecule has 0 bridgehead atoms. The number of carbonyl (C=O) groups excluding carboxylic acids is 1. The van der Waals surface area contributed by atoms with Gasteiger partial charge in [0.2, 0.25) is 5.91 Å². The van der Waals surface area contributed by atoms with Crippen molar-refractivity contribution in [3.05, 3.63) is 0 Å². The number of hydrogen-bond acceptors (Lipinski definition) is 3. The third kappa shape index (κ3) is 3.69. The largest absolute Gasteiger partial charge is 0.392 e. The second-order valence-corrected chi connectivity index (χ2v) is 6.63. The maximum Gasteiger partial charge on any atom is 0.220 e. The van der Waals surface area contributed by atoms with Crippen LogP contribution in [0.4, 0.5) is 0 Å². The molecule has 0 spiro atoms. The summed E-state index contributed by atoms with van der Waals surface area (Å²) in [6, 6.07) is 0.0949. The SMILES string of the molecule is CC(C)CC(CN)CC(=O)NC1CC(O)C1(C)C. The Labute approximate surface area is 110 Å². The van der Waals surface area contributed by atoms with Crippen LogP contribution in [0, 0.1) is 17.3 Å². The number of amides is 1. The van der Waals surface area contributed by atoms with Crippen molar-refractivity contribution >= 4 is 5.91 Å². The molecule has 0 aliphatic heterocycles. The van der Waals surface area contributed by atoms with Crippen molar-refractivity contribution < 1.29 is 9.90 Å². The summed E-state index contributed by atoms with van der Waals surface area (Å²) in [7, 11) is 0. The first-order valence-corrected chi connectivity index (χ1v) is 6.94. The molecule has 1 aliphatic rings. The summed E-state index contributed by atoms with van der Waals surface area (Å²) in [5.41, 5.74) is 5.50. The van der Waals surface area contributed by atoms with Gasteiger partial charge in [-0.1, -0.05) is 27.7 Å². The van der Waals surface area contributed by atoms with Crippen LogP contribution >= 0.6 is 0 Å². The Morgan fingerprint density at radius 3 is 2.50 bits per heavy atom. The molecule has 1 aliphatic carbocycles. The summed E-state index contributed by atoms with van der Waals surface area (Å²) in [6.45, 7) is 8.82. The van der Waals surface area contributed by atoms with E-state index in [4.69, 9.17) is 5.73 Å². The Kier molecular flexibility index (Phi) is 5.17. The van der Waals surface area contributed by atoms with Gasteiger partial charge in [-0.15, -0.1) is 0 Å². The van der Waals surface area contributed by atoms with Crippen LogP contribution in [0.25, 0.3) is 0 Å². The zero-order chi connectivity index (χ0) is 13.9. The molecule has 1 fully saturated rings. The van der Waals surface area contributed by atoms with Crippen LogP contribution in [0.5, 0.6) is 0 Å². The fourth-order valence-electron chi connectivity index (χ4n) is 2.59. The van der Waals surface area contributed by atoms with Gasteiger partial charge in [0, 0.05) is 17.9 Å². The monoisotopic (exact) mass is 256 g/mol. The minimum Gasteiger partial charge on any atom is -0.392 e. The highest BCUT2D eigenvalue weighted by atomic mass is 16.3. The summed E-state index contributed by atoms with van der Waals surface area (Å²) in [4.78, 5) is 11.9. The van der Waals surface area contributed by atoms with Crippen LogP contribution in [-0.2, 0) is 4.79 Å². The molecule has 18 heavy (non-hydrogen) atoms. The predicted molar refractivity (Wildman–Crippen MR) is 73.0 cm³/mol. The maximum absolute atomic E-state index is 11.9. The summed E-state index contributed by atoms with van der Waals surface area (Å²) in [5, 5.41) is 12.7. The first kappa shape index (κ1) is 15.4. The molecule has 0 radical (unpaired) electrons. The smallest absolute Gasteiger partial charge is 0.220 e. The molecule has 3 unspecified atom stereocenters. The number of carbonyl (C=O) groups is 1. The average molecular weight is 256 g/mol. The predicted octanol–water partition coefficient (Wildman–Crippen LogP) is 1.27. The summed E-state index contributed by atoms with van der Waals surface area (Å²) in [6.07, 6.45) is 1.84. The molecule has 0 aromatic carbocycles. The number of hydrogen-bond donors (Lipinski definition) is 3. The van der Waals surface area contributed by atoms with Crippen molar-refractivity contribution in [2.24, 2.45) is 23.0 Å². The van der Waals surface area contributed by atoms with Gasteiger partial charge in [-0.2, -0.15) is 0 Å². The number of aliphatic hydroxyl groups is 1. The highest BCUT2D eigenvalue weighted by Gasteiger charge is 2.47. The van der Waals surface area contributed by atoms with E-state index in [0.29, 0.717) is 25.3 Å². The molecular weight excluding hydrogens is 228 g/mol. The quantitative estimate of drug-likeness (QED) is 0.670. The van der Waals surface area contributed by atoms with E-state index in [9.17, 15) is 9.90 Å². The van der Waals surface area contributed by atoms with E-state index >= 15 is 0 Å². The molecule has 106 valence electrons. The van der Waals surface area contributed by atoms with Crippen molar-refractivity contribution in [1.29, 1.82) is 0 Å². The highest BCUT2D eigenvalue weighted by molar-refractivity contribution is 5.76. The van der Waals surface area contributed by atoms with Crippen molar-refractivity contribution in [3.63, 3.8) is 0 Å².